The summed E-state index contributed by atoms with van der Waals surface area (Å²) >= 11 is 6.88. The summed E-state index contributed by atoms with van der Waals surface area (Å²) in [7, 11) is -3.51. The summed E-state index contributed by atoms with van der Waals surface area (Å²) < 4.78 is 23.7. The number of halogens is 1. The van der Waals surface area contributed by atoms with Crippen molar-refractivity contribution < 1.29 is 18.0 Å². The van der Waals surface area contributed by atoms with E-state index in [-0.39, 0.29) is 21.3 Å². The van der Waals surface area contributed by atoms with Gasteiger partial charge in [-0.05, 0) is 12.5 Å². The van der Waals surface area contributed by atoms with Crippen LogP contribution in [0.5, 0.6) is 0 Å². The standard InChI is InChI=1S/C12H16ClNO4S2/c1-6-5-20(17,18)10-7(13)9(15)14(10)8(6)11(16)19-12(2,3)4/h7,10H,5H2,1-4H3/t7-,10+/m0/s1. The number of rotatable bonds is 1. The normalized spacial score (nSPS) is 29.1. The maximum atomic E-state index is 12.4. The third-order valence-corrected chi connectivity index (χ3v) is 6.62. The summed E-state index contributed by atoms with van der Waals surface area (Å²) in [6.45, 7) is 7.21. The van der Waals surface area contributed by atoms with Crippen molar-refractivity contribution in [2.75, 3.05) is 5.75 Å². The Morgan fingerprint density at radius 2 is 1.95 bits per heavy atom. The van der Waals surface area contributed by atoms with Gasteiger partial charge in [0.25, 0.3) is 0 Å². The van der Waals surface area contributed by atoms with Gasteiger partial charge in [-0.15, -0.1) is 11.6 Å². The third-order valence-electron chi connectivity index (χ3n) is 3.00. The smallest absolute Gasteiger partial charge is 0.249 e. The second kappa shape index (κ2) is 4.74. The summed E-state index contributed by atoms with van der Waals surface area (Å²) in [5.41, 5.74) is 0.589. The summed E-state index contributed by atoms with van der Waals surface area (Å²) in [5, 5.41) is -2.47. The second-order valence-electron chi connectivity index (χ2n) is 5.94. The number of alkyl halides is 1. The average molecular weight is 338 g/mol. The van der Waals surface area contributed by atoms with Gasteiger partial charge in [0.15, 0.2) is 15.2 Å². The number of nitrogens with zero attached hydrogens (tertiary/aromatic N) is 1. The van der Waals surface area contributed by atoms with Crippen LogP contribution in [0.2, 0.25) is 0 Å². The van der Waals surface area contributed by atoms with Crippen molar-refractivity contribution in [2.24, 2.45) is 0 Å². The highest BCUT2D eigenvalue weighted by atomic mass is 35.5. The van der Waals surface area contributed by atoms with Crippen molar-refractivity contribution in [1.29, 1.82) is 0 Å². The van der Waals surface area contributed by atoms with E-state index in [0.717, 1.165) is 16.7 Å². The SMILES string of the molecule is CC1=C(C(=O)SC(C)(C)C)N2C(=O)[C@H](Cl)[C@H]2S(=O)(=O)C1. The number of hydrogen-bond acceptors (Lipinski definition) is 5. The minimum atomic E-state index is -3.51. The van der Waals surface area contributed by atoms with E-state index in [1.807, 2.05) is 20.8 Å². The first-order chi connectivity index (χ1) is 8.96. The van der Waals surface area contributed by atoms with E-state index < -0.39 is 26.5 Å². The molecule has 0 aromatic carbocycles. The fourth-order valence-corrected chi connectivity index (χ4v) is 5.80. The Bertz CT molecular complexity index is 618. The molecule has 1 fully saturated rings. The zero-order valence-electron chi connectivity index (χ0n) is 11.6. The predicted octanol–water partition coefficient (Wildman–Crippen LogP) is 1.52. The van der Waals surface area contributed by atoms with Crippen LogP contribution in [0.3, 0.4) is 0 Å². The third kappa shape index (κ3) is 2.51. The molecule has 0 spiro atoms. The summed E-state index contributed by atoms with van der Waals surface area (Å²) in [6.07, 6.45) is 0. The molecule has 0 bridgehead atoms. The maximum Gasteiger partial charge on any atom is 0.249 e. The second-order valence-corrected chi connectivity index (χ2v) is 10.3. The van der Waals surface area contributed by atoms with Crippen molar-refractivity contribution in [3.63, 3.8) is 0 Å². The van der Waals surface area contributed by atoms with Crippen LogP contribution in [0.25, 0.3) is 0 Å². The molecule has 0 saturated carbocycles. The molecule has 20 heavy (non-hydrogen) atoms. The van der Waals surface area contributed by atoms with Gasteiger partial charge in [0.1, 0.15) is 5.38 Å². The molecule has 0 aliphatic carbocycles. The van der Waals surface area contributed by atoms with Crippen molar-refractivity contribution in [2.45, 2.75) is 43.2 Å². The van der Waals surface area contributed by atoms with Crippen LogP contribution in [0.15, 0.2) is 11.3 Å². The van der Waals surface area contributed by atoms with Crippen LogP contribution in [-0.4, -0.2) is 45.6 Å². The molecule has 1 amide bonds. The lowest BCUT2D eigenvalue weighted by Crippen LogP contribution is -2.67. The number of hydrogen-bond donors (Lipinski definition) is 0. The van der Waals surface area contributed by atoms with Gasteiger partial charge in [-0.25, -0.2) is 8.42 Å². The van der Waals surface area contributed by atoms with E-state index in [9.17, 15) is 18.0 Å². The van der Waals surface area contributed by atoms with Crippen molar-refractivity contribution in [1.82, 2.24) is 4.90 Å². The fraction of sp³-hybridized carbons (Fsp3) is 0.667. The first-order valence-corrected chi connectivity index (χ1v) is 9.04. The molecule has 112 valence electrons. The van der Waals surface area contributed by atoms with Crippen LogP contribution in [0.4, 0.5) is 0 Å². The zero-order chi connectivity index (χ0) is 15.5. The first kappa shape index (κ1) is 15.9. The fourth-order valence-electron chi connectivity index (χ4n) is 2.27. The van der Waals surface area contributed by atoms with Gasteiger partial charge in [0.05, 0.1) is 11.4 Å². The molecule has 0 N–H and O–H groups in total. The van der Waals surface area contributed by atoms with Gasteiger partial charge >= 0.3 is 0 Å². The number of thioether (sulfide) groups is 1. The van der Waals surface area contributed by atoms with Crippen LogP contribution in [0, 0.1) is 0 Å². The molecule has 0 radical (unpaired) electrons. The Kier molecular flexibility index (Phi) is 3.76. The summed E-state index contributed by atoms with van der Waals surface area (Å²) in [6, 6.07) is 0. The Morgan fingerprint density at radius 3 is 2.45 bits per heavy atom. The lowest BCUT2D eigenvalue weighted by atomic mass is 10.1. The Hall–Kier alpha value is -0.530. The molecule has 2 atom stereocenters. The summed E-state index contributed by atoms with van der Waals surface area (Å²) in [5.74, 6) is -0.742. The Balaban J connectivity index is 2.42. The molecule has 5 nitrogen and oxygen atoms in total. The molecule has 0 aromatic heterocycles. The van der Waals surface area contributed by atoms with Crippen LogP contribution < -0.4 is 0 Å². The van der Waals surface area contributed by atoms with Gasteiger partial charge < -0.3 is 0 Å². The number of amides is 1. The molecule has 2 rings (SSSR count). The largest absolute Gasteiger partial charge is 0.287 e. The topological polar surface area (TPSA) is 71.5 Å². The van der Waals surface area contributed by atoms with E-state index in [4.69, 9.17) is 11.6 Å². The van der Waals surface area contributed by atoms with Gasteiger partial charge in [0, 0.05) is 4.75 Å². The highest BCUT2D eigenvalue weighted by Gasteiger charge is 2.58. The number of carbonyl (C=O) groups is 2. The highest BCUT2D eigenvalue weighted by molar-refractivity contribution is 8.15. The van der Waals surface area contributed by atoms with Crippen LogP contribution in [0.1, 0.15) is 27.7 Å². The average Bonchev–Trinajstić information content (AvgIpc) is 2.23. The van der Waals surface area contributed by atoms with E-state index in [2.05, 4.69) is 0 Å². The Labute approximate surface area is 127 Å². The number of fused-ring (bicyclic) bond motifs is 1. The van der Waals surface area contributed by atoms with Crippen molar-refractivity contribution in [3.05, 3.63) is 11.3 Å². The molecule has 2 aliphatic heterocycles. The van der Waals surface area contributed by atoms with Gasteiger partial charge in [-0.2, -0.15) is 0 Å². The summed E-state index contributed by atoms with van der Waals surface area (Å²) in [4.78, 5) is 25.2. The minimum absolute atomic E-state index is 0.187. The van der Waals surface area contributed by atoms with E-state index in [1.165, 1.54) is 0 Å². The lowest BCUT2D eigenvalue weighted by molar-refractivity contribution is -0.140. The quantitative estimate of drug-likeness (QED) is 0.536. The van der Waals surface area contributed by atoms with Crippen molar-refractivity contribution >= 4 is 44.2 Å². The number of carbonyl (C=O) groups excluding carboxylic acids is 2. The molecular weight excluding hydrogens is 322 g/mol. The van der Waals surface area contributed by atoms with Crippen molar-refractivity contribution in [3.8, 4) is 0 Å². The first-order valence-electron chi connectivity index (χ1n) is 6.07. The molecule has 2 heterocycles. The van der Waals surface area contributed by atoms with E-state index in [0.29, 0.717) is 5.57 Å². The monoisotopic (exact) mass is 337 g/mol. The van der Waals surface area contributed by atoms with E-state index in [1.54, 1.807) is 6.92 Å². The van der Waals surface area contributed by atoms with Gasteiger partial charge in [-0.1, -0.05) is 32.5 Å². The number of sulfone groups is 1. The van der Waals surface area contributed by atoms with Gasteiger partial charge in [0.2, 0.25) is 11.0 Å². The zero-order valence-corrected chi connectivity index (χ0v) is 14.0. The Morgan fingerprint density at radius 1 is 1.40 bits per heavy atom. The molecule has 2 aliphatic rings. The minimum Gasteiger partial charge on any atom is -0.287 e. The van der Waals surface area contributed by atoms with Crippen LogP contribution in [-0.2, 0) is 19.4 Å². The predicted molar refractivity (Wildman–Crippen MR) is 79.1 cm³/mol. The molecule has 0 aromatic rings. The van der Waals surface area contributed by atoms with E-state index >= 15 is 0 Å². The van der Waals surface area contributed by atoms with Crippen LogP contribution >= 0.6 is 23.4 Å². The highest BCUT2D eigenvalue weighted by Crippen LogP contribution is 2.41. The molecular formula is C12H16ClNO4S2. The number of β-lactam (4-membered cyclic amide) rings is 1. The van der Waals surface area contributed by atoms with Gasteiger partial charge in [-0.3, -0.25) is 14.5 Å². The molecule has 1 saturated heterocycles. The lowest BCUT2D eigenvalue weighted by Gasteiger charge is -2.47. The molecule has 8 heteroatoms. The maximum absolute atomic E-state index is 12.4. The molecule has 0 unspecified atom stereocenters.